The molecular weight excluding hydrogens is 318 g/mol. The topological polar surface area (TPSA) is 40.9 Å². The second-order valence-corrected chi connectivity index (χ2v) is 9.67. The number of carbonyl (C=O) groups excluding carboxylic acids is 1. The Bertz CT molecular complexity index is 783. The van der Waals surface area contributed by atoms with Crippen LogP contribution in [0.1, 0.15) is 65.7 Å². The molecule has 0 unspecified atom stereocenters. The Morgan fingerprint density at radius 2 is 1.96 bits per heavy atom. The van der Waals surface area contributed by atoms with Gasteiger partial charge in [-0.2, -0.15) is 5.26 Å². The van der Waals surface area contributed by atoms with E-state index in [1.807, 2.05) is 6.08 Å². The van der Waals surface area contributed by atoms with Crippen LogP contribution in [0.3, 0.4) is 0 Å². The van der Waals surface area contributed by atoms with Gasteiger partial charge in [0.25, 0.3) is 0 Å². The molecule has 3 fully saturated rings. The Labute approximate surface area is 158 Å². The predicted molar refractivity (Wildman–Crippen MR) is 104 cm³/mol. The molecule has 4 aliphatic rings. The monoisotopic (exact) mass is 349 g/mol. The zero-order valence-corrected chi connectivity index (χ0v) is 16.5. The van der Waals surface area contributed by atoms with Gasteiger partial charge in [0, 0.05) is 6.42 Å². The van der Waals surface area contributed by atoms with Gasteiger partial charge in [-0.25, -0.2) is 0 Å². The molecule has 2 heteroatoms. The van der Waals surface area contributed by atoms with Crippen molar-refractivity contribution in [2.45, 2.75) is 65.7 Å². The highest BCUT2D eigenvalue weighted by molar-refractivity contribution is 5.91. The van der Waals surface area contributed by atoms with Crippen molar-refractivity contribution in [3.63, 3.8) is 0 Å². The zero-order valence-electron chi connectivity index (χ0n) is 16.5. The quantitative estimate of drug-likeness (QED) is 0.603. The lowest BCUT2D eigenvalue weighted by molar-refractivity contribution is -0.117. The number of hydrogen-bond acceptors (Lipinski definition) is 2. The molecule has 0 aliphatic heterocycles. The Morgan fingerprint density at radius 1 is 1.23 bits per heavy atom. The Balaban J connectivity index is 1.79. The van der Waals surface area contributed by atoms with Crippen LogP contribution in [0.4, 0.5) is 0 Å². The van der Waals surface area contributed by atoms with Crippen LogP contribution >= 0.6 is 0 Å². The molecule has 2 nitrogen and oxygen atoms in total. The minimum absolute atomic E-state index is 0.0477. The lowest BCUT2D eigenvalue weighted by atomic mass is 9.45. The molecule has 0 saturated heterocycles. The second kappa shape index (κ2) is 5.44. The van der Waals surface area contributed by atoms with Crippen LogP contribution in [0.2, 0.25) is 0 Å². The van der Waals surface area contributed by atoms with Gasteiger partial charge >= 0.3 is 0 Å². The first-order valence-electron chi connectivity index (χ1n) is 10.3. The van der Waals surface area contributed by atoms with Crippen LogP contribution in [0.25, 0.3) is 0 Å². The summed E-state index contributed by atoms with van der Waals surface area (Å²) in [6.07, 6.45) is 8.84. The summed E-state index contributed by atoms with van der Waals surface area (Å²) < 4.78 is 0. The third-order valence-electron chi connectivity index (χ3n) is 9.11. The fourth-order valence-corrected chi connectivity index (χ4v) is 7.59. The van der Waals surface area contributed by atoms with Crippen molar-refractivity contribution in [3.8, 4) is 6.07 Å². The van der Waals surface area contributed by atoms with Crippen LogP contribution in [0.15, 0.2) is 36.0 Å². The van der Waals surface area contributed by atoms with Gasteiger partial charge in [0.2, 0.25) is 0 Å². The number of nitrogens with zero attached hydrogens (tertiary/aromatic N) is 1. The standard InChI is InChI=1S/C24H31NO/c1-6-24(14-25)16(3)15(2)21-19-8-7-17-13-18(26)9-11-22(17,4)20(19)10-12-23(21,24)5/h13,19-21H,2-3,6-12H2,1,4-5H3/t19-,20+,21+,22+,23+,24+/m1/s1. The molecule has 138 valence electrons. The molecule has 4 aliphatic carbocycles. The van der Waals surface area contributed by atoms with E-state index in [-0.39, 0.29) is 10.8 Å². The van der Waals surface area contributed by atoms with Crippen LogP contribution in [-0.2, 0) is 4.79 Å². The highest BCUT2D eigenvalue weighted by Gasteiger charge is 2.66. The average molecular weight is 350 g/mol. The molecule has 3 saturated carbocycles. The summed E-state index contributed by atoms with van der Waals surface area (Å²) in [6, 6.07) is 2.70. The smallest absolute Gasteiger partial charge is 0.155 e. The highest BCUT2D eigenvalue weighted by atomic mass is 16.1. The average Bonchev–Trinajstić information content (AvgIpc) is 2.79. The summed E-state index contributed by atoms with van der Waals surface area (Å²) in [7, 11) is 0. The molecular formula is C24H31NO. The lowest BCUT2D eigenvalue weighted by Gasteiger charge is -2.58. The number of ketones is 1. The Kier molecular flexibility index (Phi) is 3.72. The molecule has 0 heterocycles. The van der Waals surface area contributed by atoms with Crippen LogP contribution in [-0.4, -0.2) is 5.78 Å². The van der Waals surface area contributed by atoms with Crippen LogP contribution in [0, 0.1) is 45.3 Å². The van der Waals surface area contributed by atoms with Gasteiger partial charge in [-0.3, -0.25) is 4.79 Å². The van der Waals surface area contributed by atoms with Crippen molar-refractivity contribution < 1.29 is 4.79 Å². The molecule has 0 aromatic heterocycles. The lowest BCUT2D eigenvalue weighted by Crippen LogP contribution is -2.52. The minimum atomic E-state index is -0.459. The third kappa shape index (κ3) is 1.85. The molecule has 0 bridgehead atoms. The van der Waals surface area contributed by atoms with E-state index in [0.717, 1.165) is 49.7 Å². The predicted octanol–water partition coefficient (Wildman–Crippen LogP) is 5.77. The van der Waals surface area contributed by atoms with Crippen molar-refractivity contribution >= 4 is 5.78 Å². The van der Waals surface area contributed by atoms with Gasteiger partial charge in [0.15, 0.2) is 5.78 Å². The number of fused-ring (bicyclic) bond motifs is 5. The second-order valence-electron chi connectivity index (χ2n) is 9.67. The SMILES string of the molecule is C=C1C(=C)[C@@](C#N)(CC)[C@@]2(C)CC[C@H]3[C@@H](CCC4=CC(=O)CC[C@@]43C)[C@H]12. The summed E-state index contributed by atoms with van der Waals surface area (Å²) in [5, 5.41) is 10.2. The molecule has 4 rings (SSSR count). The fraction of sp³-hybridized carbons (Fsp3) is 0.667. The van der Waals surface area contributed by atoms with Gasteiger partial charge in [-0.15, -0.1) is 0 Å². The van der Waals surface area contributed by atoms with Crippen molar-refractivity contribution in [2.24, 2.45) is 34.0 Å². The summed E-state index contributed by atoms with van der Waals surface area (Å²) in [4.78, 5) is 12.0. The van der Waals surface area contributed by atoms with E-state index in [1.165, 1.54) is 5.57 Å². The van der Waals surface area contributed by atoms with Crippen LogP contribution in [0.5, 0.6) is 0 Å². The number of carbonyl (C=O) groups is 1. The molecule has 26 heavy (non-hydrogen) atoms. The maximum Gasteiger partial charge on any atom is 0.155 e. The number of nitriles is 1. The first-order valence-corrected chi connectivity index (χ1v) is 10.3. The number of allylic oxidation sites excluding steroid dienone is 3. The van der Waals surface area contributed by atoms with Gasteiger partial charge in [-0.1, -0.05) is 39.5 Å². The fourth-order valence-electron chi connectivity index (χ4n) is 7.59. The summed E-state index contributed by atoms with van der Waals surface area (Å²) in [5.41, 5.74) is 3.19. The molecule has 0 spiro atoms. The van der Waals surface area contributed by atoms with E-state index in [1.54, 1.807) is 0 Å². The summed E-state index contributed by atoms with van der Waals surface area (Å²) >= 11 is 0. The number of hydrogen-bond donors (Lipinski definition) is 0. The first kappa shape index (κ1) is 17.8. The molecule has 0 aromatic carbocycles. The molecule has 6 atom stereocenters. The highest BCUT2D eigenvalue weighted by Crippen LogP contribution is 2.72. The van der Waals surface area contributed by atoms with Crippen LogP contribution < -0.4 is 0 Å². The van der Waals surface area contributed by atoms with E-state index in [2.05, 4.69) is 40.0 Å². The largest absolute Gasteiger partial charge is 0.295 e. The van der Waals surface area contributed by atoms with Crippen molar-refractivity contribution in [1.82, 2.24) is 0 Å². The first-order chi connectivity index (χ1) is 12.2. The molecule has 0 radical (unpaired) electrons. The summed E-state index contributed by atoms with van der Waals surface area (Å²) in [5.74, 6) is 1.84. The Morgan fingerprint density at radius 3 is 2.62 bits per heavy atom. The van der Waals surface area contributed by atoms with Gasteiger partial charge in [0.05, 0.1) is 11.5 Å². The maximum absolute atomic E-state index is 12.0. The van der Waals surface area contributed by atoms with E-state index < -0.39 is 5.41 Å². The normalized spacial score (nSPS) is 47.5. The van der Waals surface area contributed by atoms with E-state index in [9.17, 15) is 10.1 Å². The van der Waals surface area contributed by atoms with Crippen molar-refractivity contribution in [2.75, 3.05) is 0 Å². The van der Waals surface area contributed by atoms with Gasteiger partial charge in [-0.05, 0) is 84.3 Å². The Hall–Kier alpha value is -1.62. The van der Waals surface area contributed by atoms with Gasteiger partial charge < -0.3 is 0 Å². The summed E-state index contributed by atoms with van der Waals surface area (Å²) in [6.45, 7) is 15.7. The number of rotatable bonds is 1. The third-order valence-corrected chi connectivity index (χ3v) is 9.11. The van der Waals surface area contributed by atoms with E-state index in [0.29, 0.717) is 30.0 Å². The molecule has 0 amide bonds. The zero-order chi connectivity index (χ0) is 18.9. The van der Waals surface area contributed by atoms with Crippen molar-refractivity contribution in [1.29, 1.82) is 5.26 Å². The van der Waals surface area contributed by atoms with E-state index >= 15 is 0 Å². The van der Waals surface area contributed by atoms with Gasteiger partial charge in [0.1, 0.15) is 0 Å². The molecule has 0 N–H and O–H groups in total. The maximum atomic E-state index is 12.0. The van der Waals surface area contributed by atoms with Crippen molar-refractivity contribution in [3.05, 3.63) is 36.0 Å². The minimum Gasteiger partial charge on any atom is -0.295 e. The molecule has 0 aromatic rings. The van der Waals surface area contributed by atoms with E-state index in [4.69, 9.17) is 0 Å².